The molecule has 7 heteroatoms. The van der Waals surface area contributed by atoms with Crippen molar-refractivity contribution >= 4 is 23.6 Å². The Kier molecular flexibility index (Phi) is 4.42. The zero-order chi connectivity index (χ0) is 16.7. The monoisotopic (exact) mass is 333 g/mol. The van der Waals surface area contributed by atoms with Crippen molar-refractivity contribution in [2.45, 2.75) is 32.5 Å². The SMILES string of the molecule is CC(C)Cc1cc2c(cc1Cl)C=C(C(=O)[O-])C(C(F)(F)F)O2. The number of ether oxygens (including phenoxy) is 1. The van der Waals surface area contributed by atoms with Crippen LogP contribution in [0.1, 0.15) is 25.0 Å². The van der Waals surface area contributed by atoms with Gasteiger partial charge in [0.05, 0.1) is 5.97 Å². The number of hydrogen-bond acceptors (Lipinski definition) is 3. The van der Waals surface area contributed by atoms with Crippen molar-refractivity contribution < 1.29 is 27.8 Å². The van der Waals surface area contributed by atoms with Crippen molar-refractivity contribution in [3.63, 3.8) is 0 Å². The van der Waals surface area contributed by atoms with E-state index in [0.29, 0.717) is 17.0 Å². The second-order valence-electron chi connectivity index (χ2n) is 5.51. The summed E-state index contributed by atoms with van der Waals surface area (Å²) in [4.78, 5) is 10.9. The summed E-state index contributed by atoms with van der Waals surface area (Å²) in [5, 5.41) is 11.3. The first-order valence-corrected chi connectivity index (χ1v) is 6.96. The number of carbonyl (C=O) groups is 1. The summed E-state index contributed by atoms with van der Waals surface area (Å²) in [6.07, 6.45) is -5.92. The number of halogens is 4. The van der Waals surface area contributed by atoms with Crippen molar-refractivity contribution in [3.05, 3.63) is 33.9 Å². The second kappa shape index (κ2) is 5.83. The maximum absolute atomic E-state index is 13.0. The van der Waals surface area contributed by atoms with E-state index in [1.54, 1.807) is 0 Å². The lowest BCUT2D eigenvalue weighted by atomic mass is 9.97. The lowest BCUT2D eigenvalue weighted by molar-refractivity contribution is -0.302. The average molecular weight is 334 g/mol. The van der Waals surface area contributed by atoms with Crippen molar-refractivity contribution in [2.75, 3.05) is 0 Å². The van der Waals surface area contributed by atoms with E-state index < -0.39 is 23.8 Å². The van der Waals surface area contributed by atoms with Gasteiger partial charge in [-0.25, -0.2) is 0 Å². The zero-order valence-corrected chi connectivity index (χ0v) is 12.6. The van der Waals surface area contributed by atoms with Crippen LogP contribution in [0.25, 0.3) is 6.08 Å². The Hall–Kier alpha value is -1.69. The molecular formula is C15H13ClF3O3-. The van der Waals surface area contributed by atoms with Gasteiger partial charge < -0.3 is 14.6 Å². The molecule has 22 heavy (non-hydrogen) atoms. The van der Waals surface area contributed by atoms with Gasteiger partial charge in [0.25, 0.3) is 0 Å². The van der Waals surface area contributed by atoms with Crippen LogP contribution in [0, 0.1) is 5.92 Å². The molecule has 0 N–H and O–H groups in total. The second-order valence-corrected chi connectivity index (χ2v) is 5.91. The molecule has 2 rings (SSSR count). The van der Waals surface area contributed by atoms with Crippen LogP contribution in [-0.2, 0) is 11.2 Å². The van der Waals surface area contributed by atoms with Gasteiger partial charge in [0.1, 0.15) is 5.75 Å². The van der Waals surface area contributed by atoms with Gasteiger partial charge in [0, 0.05) is 16.2 Å². The average Bonchev–Trinajstić information content (AvgIpc) is 2.36. The topological polar surface area (TPSA) is 49.4 Å². The first kappa shape index (κ1) is 16.7. The predicted octanol–water partition coefficient (Wildman–Crippen LogP) is 3.00. The quantitative estimate of drug-likeness (QED) is 0.854. The number of rotatable bonds is 3. The number of carboxylic acids is 1. The van der Waals surface area contributed by atoms with Gasteiger partial charge >= 0.3 is 6.18 Å². The van der Waals surface area contributed by atoms with Gasteiger partial charge in [-0.2, -0.15) is 13.2 Å². The highest BCUT2D eigenvalue weighted by atomic mass is 35.5. The number of carbonyl (C=O) groups excluding carboxylic acids is 1. The number of hydrogen-bond donors (Lipinski definition) is 0. The lowest BCUT2D eigenvalue weighted by Gasteiger charge is -2.30. The molecule has 3 nitrogen and oxygen atoms in total. The normalized spacial score (nSPS) is 17.8. The number of carboxylic acid groups (broad SMARTS) is 1. The fourth-order valence-corrected chi connectivity index (χ4v) is 2.51. The third kappa shape index (κ3) is 3.38. The van der Waals surface area contributed by atoms with Crippen molar-refractivity contribution in [1.29, 1.82) is 0 Å². The Bertz CT molecular complexity index is 636. The van der Waals surface area contributed by atoms with E-state index in [0.717, 1.165) is 6.08 Å². The zero-order valence-electron chi connectivity index (χ0n) is 11.8. The molecule has 0 fully saturated rings. The maximum Gasteiger partial charge on any atom is 0.429 e. The molecule has 1 heterocycles. The Morgan fingerprint density at radius 2 is 2.05 bits per heavy atom. The van der Waals surface area contributed by atoms with Crippen molar-refractivity contribution in [1.82, 2.24) is 0 Å². The van der Waals surface area contributed by atoms with E-state index in [1.807, 2.05) is 13.8 Å². The number of benzene rings is 1. The summed E-state index contributed by atoms with van der Waals surface area (Å²) in [6.45, 7) is 3.90. The smallest absolute Gasteiger partial charge is 0.429 e. The molecule has 0 radical (unpaired) electrons. The van der Waals surface area contributed by atoms with E-state index in [4.69, 9.17) is 16.3 Å². The van der Waals surface area contributed by atoms with Crippen LogP contribution in [-0.4, -0.2) is 18.2 Å². The molecule has 1 aromatic rings. The first-order valence-electron chi connectivity index (χ1n) is 6.58. The van der Waals surface area contributed by atoms with E-state index in [-0.39, 0.29) is 17.2 Å². The summed E-state index contributed by atoms with van der Waals surface area (Å²) in [5.74, 6) is -1.70. The van der Waals surface area contributed by atoms with Crippen LogP contribution in [0.3, 0.4) is 0 Å². The van der Waals surface area contributed by atoms with Gasteiger partial charge in [-0.3, -0.25) is 0 Å². The van der Waals surface area contributed by atoms with E-state index in [1.165, 1.54) is 12.1 Å². The number of aliphatic carboxylic acids is 1. The molecule has 0 aliphatic carbocycles. The maximum atomic E-state index is 13.0. The Morgan fingerprint density at radius 1 is 1.41 bits per heavy atom. The van der Waals surface area contributed by atoms with Crippen molar-refractivity contribution in [2.24, 2.45) is 5.92 Å². The highest BCUT2D eigenvalue weighted by molar-refractivity contribution is 6.31. The molecule has 1 aliphatic rings. The van der Waals surface area contributed by atoms with E-state index >= 15 is 0 Å². The third-order valence-electron chi connectivity index (χ3n) is 3.18. The summed E-state index contributed by atoms with van der Waals surface area (Å²) in [5.41, 5.74) is -0.119. The fourth-order valence-electron chi connectivity index (χ4n) is 2.26. The highest BCUT2D eigenvalue weighted by Gasteiger charge is 2.46. The molecule has 1 unspecified atom stereocenters. The molecule has 0 saturated heterocycles. The van der Waals surface area contributed by atoms with Crippen LogP contribution in [0.15, 0.2) is 17.7 Å². The van der Waals surface area contributed by atoms with Crippen LogP contribution in [0.5, 0.6) is 5.75 Å². The number of fused-ring (bicyclic) bond motifs is 1. The Labute approximate surface area is 130 Å². The fraction of sp³-hybridized carbons (Fsp3) is 0.400. The van der Waals surface area contributed by atoms with Gasteiger partial charge in [0.2, 0.25) is 6.10 Å². The largest absolute Gasteiger partial charge is 0.545 e. The molecule has 0 spiro atoms. The lowest BCUT2D eigenvalue weighted by Crippen LogP contribution is -2.44. The first-order chi connectivity index (χ1) is 10.1. The molecule has 1 aromatic carbocycles. The predicted molar refractivity (Wildman–Crippen MR) is 73.4 cm³/mol. The molecular weight excluding hydrogens is 321 g/mol. The van der Waals surface area contributed by atoms with Crippen LogP contribution >= 0.6 is 11.6 Å². The van der Waals surface area contributed by atoms with E-state index in [9.17, 15) is 23.1 Å². The van der Waals surface area contributed by atoms with Crippen LogP contribution in [0.2, 0.25) is 5.02 Å². The standard InChI is InChI=1S/C15H14ClF3O3/c1-7(2)3-8-6-12-9(5-11(8)16)4-10(14(20)21)13(22-12)15(17,18)19/h4-7,13H,3H2,1-2H3,(H,20,21)/p-1. The minimum absolute atomic E-state index is 0.0348. The van der Waals surface area contributed by atoms with E-state index in [2.05, 4.69) is 0 Å². The van der Waals surface area contributed by atoms with Gasteiger partial charge in [0.15, 0.2) is 0 Å². The van der Waals surface area contributed by atoms with Crippen LogP contribution in [0.4, 0.5) is 13.2 Å². The van der Waals surface area contributed by atoms with Gasteiger partial charge in [-0.1, -0.05) is 25.4 Å². The molecule has 0 aromatic heterocycles. The minimum Gasteiger partial charge on any atom is -0.545 e. The summed E-state index contributed by atoms with van der Waals surface area (Å²) < 4.78 is 43.7. The minimum atomic E-state index is -4.85. The third-order valence-corrected chi connectivity index (χ3v) is 3.53. The van der Waals surface area contributed by atoms with Crippen LogP contribution < -0.4 is 9.84 Å². The Morgan fingerprint density at radius 3 is 2.55 bits per heavy atom. The summed E-state index contributed by atoms with van der Waals surface area (Å²) in [6, 6.07) is 2.84. The molecule has 120 valence electrons. The molecule has 1 atom stereocenters. The molecule has 0 saturated carbocycles. The molecule has 0 amide bonds. The van der Waals surface area contributed by atoms with Crippen molar-refractivity contribution in [3.8, 4) is 5.75 Å². The molecule has 1 aliphatic heterocycles. The number of alkyl halides is 3. The van der Waals surface area contributed by atoms with Gasteiger partial charge in [-0.15, -0.1) is 0 Å². The summed E-state index contributed by atoms with van der Waals surface area (Å²) >= 11 is 6.09. The Balaban J connectivity index is 2.51. The summed E-state index contributed by atoms with van der Waals surface area (Å²) in [7, 11) is 0. The molecule has 0 bridgehead atoms. The highest BCUT2D eigenvalue weighted by Crippen LogP contribution is 2.39. The van der Waals surface area contributed by atoms with Gasteiger partial charge in [-0.05, 0) is 36.1 Å².